The van der Waals surface area contributed by atoms with E-state index in [1.54, 1.807) is 0 Å². The summed E-state index contributed by atoms with van der Waals surface area (Å²) in [4.78, 5) is 0. The van der Waals surface area contributed by atoms with Crippen molar-refractivity contribution in [1.29, 1.82) is 0 Å². The number of rotatable bonds is 9. The quantitative estimate of drug-likeness (QED) is 0.681. The van der Waals surface area contributed by atoms with Gasteiger partial charge in [-0.05, 0) is 36.4 Å². The van der Waals surface area contributed by atoms with Gasteiger partial charge in [0.05, 0.1) is 6.61 Å². The number of nitrogens with one attached hydrogen (secondary N) is 1. The monoisotopic (exact) mass is 261 g/mol. The molecule has 0 radical (unpaired) electrons. The molecule has 1 saturated carbocycles. The van der Waals surface area contributed by atoms with Gasteiger partial charge in [0.2, 0.25) is 0 Å². The lowest BCUT2D eigenvalue weighted by Gasteiger charge is -2.24. The molecular formula is C17H27NO. The first-order chi connectivity index (χ1) is 9.38. The predicted octanol–water partition coefficient (Wildman–Crippen LogP) is 3.89. The van der Waals surface area contributed by atoms with E-state index in [-0.39, 0.29) is 0 Å². The highest BCUT2D eigenvalue weighted by Crippen LogP contribution is 2.29. The van der Waals surface area contributed by atoms with Crippen LogP contribution in [0.5, 0.6) is 0 Å². The maximum atomic E-state index is 5.75. The lowest BCUT2D eigenvalue weighted by atomic mass is 9.83. The maximum Gasteiger partial charge on any atom is 0.0716 e. The molecule has 2 nitrogen and oxygen atoms in total. The van der Waals surface area contributed by atoms with Crippen LogP contribution in [0.1, 0.15) is 50.2 Å². The van der Waals surface area contributed by atoms with Crippen LogP contribution in [0.15, 0.2) is 24.3 Å². The Kier molecular flexibility index (Phi) is 6.38. The van der Waals surface area contributed by atoms with Gasteiger partial charge in [0.1, 0.15) is 0 Å². The van der Waals surface area contributed by atoms with Crippen molar-refractivity contribution in [3.8, 4) is 0 Å². The summed E-state index contributed by atoms with van der Waals surface area (Å²) in [6.07, 6.45) is 6.70. The highest BCUT2D eigenvalue weighted by molar-refractivity contribution is 5.21. The van der Waals surface area contributed by atoms with Crippen molar-refractivity contribution in [2.75, 3.05) is 13.2 Å². The van der Waals surface area contributed by atoms with E-state index in [1.807, 2.05) is 0 Å². The fourth-order valence-electron chi connectivity index (χ4n) is 2.38. The minimum Gasteiger partial charge on any atom is -0.377 e. The highest BCUT2D eigenvalue weighted by atomic mass is 16.5. The van der Waals surface area contributed by atoms with Crippen molar-refractivity contribution in [2.24, 2.45) is 5.92 Å². The molecule has 19 heavy (non-hydrogen) atoms. The van der Waals surface area contributed by atoms with E-state index in [0.717, 1.165) is 32.2 Å². The van der Waals surface area contributed by atoms with Gasteiger partial charge in [-0.2, -0.15) is 0 Å². The molecule has 1 fully saturated rings. The number of hydrogen-bond acceptors (Lipinski definition) is 2. The molecule has 0 atom stereocenters. The van der Waals surface area contributed by atoms with E-state index in [0.29, 0.717) is 0 Å². The van der Waals surface area contributed by atoms with E-state index >= 15 is 0 Å². The molecule has 0 bridgehead atoms. The Morgan fingerprint density at radius 2 is 1.89 bits per heavy atom. The number of benzene rings is 1. The molecule has 0 unspecified atom stereocenters. The smallest absolute Gasteiger partial charge is 0.0716 e. The second-order valence-corrected chi connectivity index (χ2v) is 5.63. The zero-order valence-corrected chi connectivity index (χ0v) is 12.2. The van der Waals surface area contributed by atoms with Crippen LogP contribution in [0.4, 0.5) is 0 Å². The summed E-state index contributed by atoms with van der Waals surface area (Å²) >= 11 is 0. The van der Waals surface area contributed by atoms with Gasteiger partial charge in [-0.3, -0.25) is 0 Å². The van der Waals surface area contributed by atoms with Crippen LogP contribution in [0.25, 0.3) is 0 Å². The summed E-state index contributed by atoms with van der Waals surface area (Å²) in [5, 5.41) is 3.42. The zero-order valence-electron chi connectivity index (χ0n) is 12.2. The van der Waals surface area contributed by atoms with Crippen molar-refractivity contribution >= 4 is 0 Å². The molecule has 0 aromatic heterocycles. The molecule has 1 aliphatic rings. The second-order valence-electron chi connectivity index (χ2n) is 5.63. The van der Waals surface area contributed by atoms with Gasteiger partial charge in [0.25, 0.3) is 0 Å². The Labute approximate surface area is 117 Å². The fourth-order valence-corrected chi connectivity index (χ4v) is 2.38. The van der Waals surface area contributed by atoms with E-state index < -0.39 is 0 Å². The first-order valence-electron chi connectivity index (χ1n) is 7.74. The van der Waals surface area contributed by atoms with Crippen LogP contribution in [-0.4, -0.2) is 13.2 Å². The summed E-state index contributed by atoms with van der Waals surface area (Å²) in [5.41, 5.74) is 2.64. The summed E-state index contributed by atoms with van der Waals surface area (Å²) in [6.45, 7) is 5.93. The molecule has 0 saturated heterocycles. The third-order valence-corrected chi connectivity index (χ3v) is 3.94. The molecule has 0 spiro atoms. The van der Waals surface area contributed by atoms with Crippen LogP contribution >= 0.6 is 0 Å². The van der Waals surface area contributed by atoms with Gasteiger partial charge in [0.15, 0.2) is 0 Å². The van der Waals surface area contributed by atoms with E-state index in [4.69, 9.17) is 4.74 Å². The molecule has 1 aromatic rings. The van der Waals surface area contributed by atoms with Crippen molar-refractivity contribution in [3.05, 3.63) is 35.4 Å². The third-order valence-electron chi connectivity index (χ3n) is 3.94. The van der Waals surface area contributed by atoms with Crippen molar-refractivity contribution in [2.45, 2.75) is 52.2 Å². The summed E-state index contributed by atoms with van der Waals surface area (Å²) < 4.78 is 5.75. The Bertz CT molecular complexity index is 343. The third kappa shape index (κ3) is 5.33. The molecule has 1 N–H and O–H groups in total. The fraction of sp³-hybridized carbons (Fsp3) is 0.647. The second kappa shape index (κ2) is 8.34. The summed E-state index contributed by atoms with van der Waals surface area (Å²) in [5.74, 6) is 0.951. The Morgan fingerprint density at radius 3 is 2.53 bits per heavy atom. The standard InChI is InChI=1S/C17H27NO/c1-2-11-18-13-16-6-8-17(9-7-16)14-19-12-10-15-4-3-5-15/h6-9,15,18H,2-5,10-14H2,1H3. The summed E-state index contributed by atoms with van der Waals surface area (Å²) in [6, 6.07) is 8.78. The van der Waals surface area contributed by atoms with Crippen LogP contribution in [-0.2, 0) is 17.9 Å². The molecule has 106 valence electrons. The van der Waals surface area contributed by atoms with E-state index in [9.17, 15) is 0 Å². The number of hydrogen-bond donors (Lipinski definition) is 1. The number of ether oxygens (including phenoxy) is 1. The van der Waals surface area contributed by atoms with Gasteiger partial charge >= 0.3 is 0 Å². The molecule has 0 heterocycles. The molecule has 1 aromatic carbocycles. The van der Waals surface area contributed by atoms with Crippen molar-refractivity contribution in [1.82, 2.24) is 5.32 Å². The van der Waals surface area contributed by atoms with Crippen LogP contribution in [0.3, 0.4) is 0 Å². The molecule has 1 aliphatic carbocycles. The predicted molar refractivity (Wildman–Crippen MR) is 80.1 cm³/mol. The van der Waals surface area contributed by atoms with Gasteiger partial charge in [-0.15, -0.1) is 0 Å². The van der Waals surface area contributed by atoms with E-state index in [2.05, 4.69) is 36.5 Å². The first kappa shape index (κ1) is 14.5. The van der Waals surface area contributed by atoms with Gasteiger partial charge in [-0.1, -0.05) is 50.5 Å². The zero-order chi connectivity index (χ0) is 13.3. The first-order valence-corrected chi connectivity index (χ1v) is 7.74. The van der Waals surface area contributed by atoms with Gasteiger partial charge < -0.3 is 10.1 Å². The largest absolute Gasteiger partial charge is 0.377 e. The van der Waals surface area contributed by atoms with E-state index in [1.165, 1.54) is 43.2 Å². The Morgan fingerprint density at radius 1 is 1.16 bits per heavy atom. The molecule has 0 amide bonds. The molecule has 0 aliphatic heterocycles. The van der Waals surface area contributed by atoms with Crippen LogP contribution in [0.2, 0.25) is 0 Å². The minimum atomic E-state index is 0.759. The lowest BCUT2D eigenvalue weighted by molar-refractivity contribution is 0.0950. The normalized spacial score (nSPS) is 15.4. The topological polar surface area (TPSA) is 21.3 Å². The van der Waals surface area contributed by atoms with Crippen LogP contribution < -0.4 is 5.32 Å². The van der Waals surface area contributed by atoms with Gasteiger partial charge in [-0.25, -0.2) is 0 Å². The Hall–Kier alpha value is -0.860. The summed E-state index contributed by atoms with van der Waals surface area (Å²) in [7, 11) is 0. The lowest BCUT2D eigenvalue weighted by Crippen LogP contribution is -2.14. The highest BCUT2D eigenvalue weighted by Gasteiger charge is 2.16. The van der Waals surface area contributed by atoms with Crippen LogP contribution in [0, 0.1) is 5.92 Å². The molecule has 2 rings (SSSR count). The SMILES string of the molecule is CCCNCc1ccc(COCCC2CCC2)cc1. The molecule has 2 heteroatoms. The molecular weight excluding hydrogens is 234 g/mol. The van der Waals surface area contributed by atoms with Crippen molar-refractivity contribution < 1.29 is 4.74 Å². The van der Waals surface area contributed by atoms with Gasteiger partial charge in [0, 0.05) is 13.2 Å². The average Bonchev–Trinajstić information content (AvgIpc) is 2.38. The Balaban J connectivity index is 1.60. The van der Waals surface area contributed by atoms with Crippen molar-refractivity contribution in [3.63, 3.8) is 0 Å². The maximum absolute atomic E-state index is 5.75. The minimum absolute atomic E-state index is 0.759. The average molecular weight is 261 g/mol.